The molecule has 0 spiro atoms. The number of nitrogens with zero attached hydrogens (tertiary/aromatic N) is 2. The first-order valence-corrected chi connectivity index (χ1v) is 10.2. The van der Waals surface area contributed by atoms with Crippen molar-refractivity contribution >= 4 is 17.2 Å². The van der Waals surface area contributed by atoms with Gasteiger partial charge < -0.3 is 9.80 Å². The monoisotopic (exact) mass is 374 g/mol. The van der Waals surface area contributed by atoms with Gasteiger partial charge in [0.15, 0.2) is 0 Å². The number of likely N-dealkylation sites (N-methyl/N-ethyl adjacent to an activating group) is 1. The minimum Gasteiger partial charge on any atom is -0.345 e. The molecule has 2 aromatic rings. The van der Waals surface area contributed by atoms with Crippen molar-refractivity contribution < 1.29 is 9.18 Å². The minimum atomic E-state index is -0.103. The average Bonchev–Trinajstić information content (AvgIpc) is 3.15. The van der Waals surface area contributed by atoms with E-state index in [1.807, 2.05) is 41.6 Å². The van der Waals surface area contributed by atoms with E-state index >= 15 is 0 Å². The smallest absolute Gasteiger partial charge is 0.227 e. The first-order valence-electron chi connectivity index (χ1n) is 9.34. The van der Waals surface area contributed by atoms with Crippen molar-refractivity contribution in [2.45, 2.75) is 25.7 Å². The van der Waals surface area contributed by atoms with Gasteiger partial charge in [-0.05, 0) is 61.3 Å². The zero-order chi connectivity index (χ0) is 18.4. The fraction of sp³-hybridized carbons (Fsp3) is 0.476. The summed E-state index contributed by atoms with van der Waals surface area (Å²) in [5, 5.41) is 2.01. The fourth-order valence-electron chi connectivity index (χ4n) is 3.56. The molecule has 1 aliphatic heterocycles. The lowest BCUT2D eigenvalue weighted by Gasteiger charge is -2.34. The normalized spacial score (nSPS) is 15.9. The Hall–Kier alpha value is -1.72. The summed E-state index contributed by atoms with van der Waals surface area (Å²) in [6.45, 7) is 3.81. The van der Waals surface area contributed by atoms with E-state index in [4.69, 9.17) is 0 Å². The van der Waals surface area contributed by atoms with E-state index in [-0.39, 0.29) is 11.7 Å². The zero-order valence-electron chi connectivity index (χ0n) is 15.4. The number of thiophene rings is 1. The fourth-order valence-corrected chi connectivity index (χ4v) is 4.25. The maximum Gasteiger partial charge on any atom is 0.227 e. The quantitative estimate of drug-likeness (QED) is 0.735. The van der Waals surface area contributed by atoms with Crippen molar-refractivity contribution in [2.24, 2.45) is 5.92 Å². The highest BCUT2D eigenvalue weighted by atomic mass is 32.1. The van der Waals surface area contributed by atoms with Crippen LogP contribution in [0.3, 0.4) is 0 Å². The van der Waals surface area contributed by atoms with E-state index in [1.54, 1.807) is 17.4 Å². The molecule has 3 nitrogen and oxygen atoms in total. The number of rotatable bonds is 7. The van der Waals surface area contributed by atoms with Gasteiger partial charge in [0.2, 0.25) is 5.91 Å². The van der Waals surface area contributed by atoms with Gasteiger partial charge in [-0.3, -0.25) is 4.79 Å². The molecule has 140 valence electrons. The van der Waals surface area contributed by atoms with Crippen molar-refractivity contribution in [2.75, 3.05) is 33.2 Å². The summed E-state index contributed by atoms with van der Waals surface area (Å²) in [6.07, 6.45) is 3.48. The van der Waals surface area contributed by atoms with Crippen LogP contribution in [0.25, 0.3) is 0 Å². The number of hydrogen-bond acceptors (Lipinski definition) is 3. The first kappa shape index (κ1) is 19.1. The predicted molar refractivity (Wildman–Crippen MR) is 105 cm³/mol. The SMILES string of the molecule is CN(CC1CCN(CCc2ccccc2F)CC1)C(=O)Cc1cccs1. The molecule has 1 aromatic carbocycles. The third-order valence-electron chi connectivity index (χ3n) is 5.23. The third kappa shape index (κ3) is 5.39. The van der Waals surface area contributed by atoms with Crippen LogP contribution >= 0.6 is 11.3 Å². The van der Waals surface area contributed by atoms with Crippen molar-refractivity contribution in [1.29, 1.82) is 0 Å². The van der Waals surface area contributed by atoms with E-state index in [2.05, 4.69) is 4.90 Å². The number of carbonyl (C=O) groups excluding carboxylic acids is 1. The van der Waals surface area contributed by atoms with Crippen molar-refractivity contribution in [3.63, 3.8) is 0 Å². The van der Waals surface area contributed by atoms with Crippen LogP contribution < -0.4 is 0 Å². The maximum absolute atomic E-state index is 13.7. The van der Waals surface area contributed by atoms with E-state index in [0.29, 0.717) is 12.3 Å². The molecule has 0 radical (unpaired) electrons. The molecule has 0 N–H and O–H groups in total. The Morgan fingerprint density at radius 2 is 2.00 bits per heavy atom. The molecule has 0 unspecified atom stereocenters. The van der Waals surface area contributed by atoms with Crippen LogP contribution in [0, 0.1) is 11.7 Å². The van der Waals surface area contributed by atoms with E-state index in [9.17, 15) is 9.18 Å². The van der Waals surface area contributed by atoms with Crippen LogP contribution in [-0.4, -0.2) is 48.9 Å². The van der Waals surface area contributed by atoms with Gasteiger partial charge in [-0.15, -0.1) is 11.3 Å². The molecule has 2 heterocycles. The van der Waals surface area contributed by atoms with Gasteiger partial charge in [-0.25, -0.2) is 4.39 Å². The molecule has 26 heavy (non-hydrogen) atoms. The highest BCUT2D eigenvalue weighted by Gasteiger charge is 2.22. The lowest BCUT2D eigenvalue weighted by Crippen LogP contribution is -2.40. The largest absolute Gasteiger partial charge is 0.345 e. The summed E-state index contributed by atoms with van der Waals surface area (Å²) in [6, 6.07) is 11.0. The second kappa shape index (κ2) is 9.28. The minimum absolute atomic E-state index is 0.103. The van der Waals surface area contributed by atoms with Crippen LogP contribution in [0.15, 0.2) is 41.8 Å². The molecule has 1 aromatic heterocycles. The zero-order valence-corrected chi connectivity index (χ0v) is 16.2. The number of benzene rings is 1. The van der Waals surface area contributed by atoms with Gasteiger partial charge in [-0.2, -0.15) is 0 Å². The highest BCUT2D eigenvalue weighted by molar-refractivity contribution is 7.10. The maximum atomic E-state index is 13.7. The van der Waals surface area contributed by atoms with Crippen LogP contribution in [0.4, 0.5) is 4.39 Å². The van der Waals surface area contributed by atoms with Crippen LogP contribution in [0.2, 0.25) is 0 Å². The van der Waals surface area contributed by atoms with Crippen LogP contribution in [0.5, 0.6) is 0 Å². The number of amides is 1. The summed E-state index contributed by atoms with van der Waals surface area (Å²) in [5.74, 6) is 0.666. The lowest BCUT2D eigenvalue weighted by molar-refractivity contribution is -0.129. The topological polar surface area (TPSA) is 23.6 Å². The number of halogens is 1. The molecule has 0 saturated carbocycles. The number of hydrogen-bond donors (Lipinski definition) is 0. The molecular formula is C21H27FN2OS. The standard InChI is InChI=1S/C21H27FN2OS/c1-23(21(25)15-19-6-4-14-26-19)16-17-8-11-24(12-9-17)13-10-18-5-2-3-7-20(18)22/h2-7,14,17H,8-13,15-16H2,1H3. The molecule has 3 rings (SSSR count). The second-order valence-corrected chi connectivity index (χ2v) is 8.19. The van der Waals surface area contributed by atoms with Gasteiger partial charge in [0.25, 0.3) is 0 Å². The second-order valence-electron chi connectivity index (χ2n) is 7.16. The molecule has 0 aliphatic carbocycles. The summed E-state index contributed by atoms with van der Waals surface area (Å²) in [4.78, 5) is 17.8. The van der Waals surface area contributed by atoms with Crippen LogP contribution in [0.1, 0.15) is 23.3 Å². The first-order chi connectivity index (χ1) is 12.6. The Bertz CT molecular complexity index is 696. The van der Waals surface area contributed by atoms with E-state index in [0.717, 1.165) is 55.9 Å². The molecule has 1 saturated heterocycles. The Labute approximate surface area is 159 Å². The van der Waals surface area contributed by atoms with Gasteiger partial charge in [0, 0.05) is 25.0 Å². The van der Waals surface area contributed by atoms with Crippen LogP contribution in [-0.2, 0) is 17.6 Å². The number of carbonyl (C=O) groups is 1. The van der Waals surface area contributed by atoms with Gasteiger partial charge in [0.1, 0.15) is 5.82 Å². The molecule has 0 bridgehead atoms. The Kier molecular flexibility index (Phi) is 6.80. The molecule has 0 atom stereocenters. The molecule has 5 heteroatoms. The van der Waals surface area contributed by atoms with Gasteiger partial charge in [0.05, 0.1) is 6.42 Å². The Morgan fingerprint density at radius 3 is 2.69 bits per heavy atom. The molecule has 1 aliphatic rings. The Balaban J connectivity index is 1.38. The Morgan fingerprint density at radius 1 is 1.23 bits per heavy atom. The van der Waals surface area contributed by atoms with Crippen molar-refractivity contribution in [1.82, 2.24) is 9.80 Å². The summed E-state index contributed by atoms with van der Waals surface area (Å²) >= 11 is 1.64. The van der Waals surface area contributed by atoms with Gasteiger partial charge in [-0.1, -0.05) is 24.3 Å². The summed E-state index contributed by atoms with van der Waals surface area (Å²) in [5.41, 5.74) is 0.800. The predicted octanol–water partition coefficient (Wildman–Crippen LogP) is 3.84. The highest BCUT2D eigenvalue weighted by Crippen LogP contribution is 2.19. The summed E-state index contributed by atoms with van der Waals surface area (Å²) < 4.78 is 13.7. The lowest BCUT2D eigenvalue weighted by atomic mass is 9.96. The molecule has 1 amide bonds. The summed E-state index contributed by atoms with van der Waals surface area (Å²) in [7, 11) is 1.92. The molecular weight excluding hydrogens is 347 g/mol. The van der Waals surface area contributed by atoms with E-state index < -0.39 is 0 Å². The molecule has 1 fully saturated rings. The van der Waals surface area contributed by atoms with Crippen molar-refractivity contribution in [3.05, 3.63) is 58.0 Å². The average molecular weight is 375 g/mol. The van der Waals surface area contributed by atoms with Gasteiger partial charge >= 0.3 is 0 Å². The third-order valence-corrected chi connectivity index (χ3v) is 6.10. The number of piperidine rings is 1. The van der Waals surface area contributed by atoms with E-state index in [1.165, 1.54) is 6.07 Å². The number of likely N-dealkylation sites (tertiary alicyclic amines) is 1. The van der Waals surface area contributed by atoms with Crippen molar-refractivity contribution in [3.8, 4) is 0 Å².